The number of carbonyl (C=O) groups is 1. The maximum Gasteiger partial charge on any atom is 0.161 e. The highest BCUT2D eigenvalue weighted by Gasteiger charge is 2.30. The molecular weight excluding hydrogens is 200 g/mol. The topological polar surface area (TPSA) is 52.9 Å². The van der Waals surface area contributed by atoms with Gasteiger partial charge in [0.2, 0.25) is 0 Å². The largest absolute Gasteiger partial charge is 0.361 e. The van der Waals surface area contributed by atoms with E-state index in [0.717, 1.165) is 29.8 Å². The first-order valence-corrected chi connectivity index (χ1v) is 5.77. The van der Waals surface area contributed by atoms with Gasteiger partial charge in [0.25, 0.3) is 0 Å². The van der Waals surface area contributed by atoms with Crippen LogP contribution in [0.4, 0.5) is 0 Å². The predicted molar refractivity (Wildman–Crippen MR) is 61.1 cm³/mol. The Balaban J connectivity index is 2.27. The number of nitrogens with zero attached hydrogens (tertiary/aromatic N) is 1. The molecule has 1 aliphatic carbocycles. The molecule has 1 heterocycles. The third-order valence-electron chi connectivity index (χ3n) is 3.52. The summed E-state index contributed by atoms with van der Waals surface area (Å²) in [5, 5.41) is 12.2. The first-order valence-electron chi connectivity index (χ1n) is 5.77. The van der Waals surface area contributed by atoms with E-state index < -0.39 is 0 Å². The second-order valence-electron chi connectivity index (χ2n) is 4.58. The summed E-state index contributed by atoms with van der Waals surface area (Å²) < 4.78 is 0. The zero-order valence-electron chi connectivity index (χ0n) is 9.76. The van der Waals surface area contributed by atoms with Crippen LogP contribution in [0, 0.1) is 17.2 Å². The number of carbonyl (C=O) groups excluding carboxylic acids is 1. The van der Waals surface area contributed by atoms with E-state index in [2.05, 4.69) is 18.3 Å². The molecule has 0 aromatic carbocycles. The van der Waals surface area contributed by atoms with Crippen LogP contribution in [0.5, 0.6) is 0 Å². The summed E-state index contributed by atoms with van der Waals surface area (Å²) >= 11 is 0. The van der Waals surface area contributed by atoms with Crippen molar-refractivity contribution in [1.29, 1.82) is 5.26 Å². The van der Waals surface area contributed by atoms with Gasteiger partial charge < -0.3 is 5.32 Å². The van der Waals surface area contributed by atoms with Gasteiger partial charge in [0, 0.05) is 29.8 Å². The quantitative estimate of drug-likeness (QED) is 0.732. The molecule has 3 nitrogen and oxygen atoms in total. The van der Waals surface area contributed by atoms with Crippen molar-refractivity contribution in [2.75, 3.05) is 0 Å². The highest BCUT2D eigenvalue weighted by molar-refractivity contribution is 5.98. The molecule has 0 fully saturated rings. The average molecular weight is 216 g/mol. The van der Waals surface area contributed by atoms with Gasteiger partial charge in [0.05, 0.1) is 11.6 Å². The van der Waals surface area contributed by atoms with Gasteiger partial charge in [-0.2, -0.15) is 5.26 Å². The lowest BCUT2D eigenvalue weighted by Gasteiger charge is -2.30. The van der Waals surface area contributed by atoms with Crippen LogP contribution in [0.3, 0.4) is 0 Å². The summed E-state index contributed by atoms with van der Waals surface area (Å²) in [5.41, 5.74) is 3.50. The van der Waals surface area contributed by atoms with Crippen molar-refractivity contribution in [2.45, 2.75) is 39.5 Å². The number of hydrogen-bond donors (Lipinski definition) is 1. The van der Waals surface area contributed by atoms with Crippen LogP contribution in [0.15, 0.2) is 22.5 Å². The minimum absolute atomic E-state index is 0.223. The lowest BCUT2D eigenvalue weighted by atomic mass is 9.81. The van der Waals surface area contributed by atoms with E-state index in [9.17, 15) is 4.79 Å². The van der Waals surface area contributed by atoms with E-state index in [1.807, 2.05) is 6.92 Å². The summed E-state index contributed by atoms with van der Waals surface area (Å²) in [6, 6.07) is 2.16. The van der Waals surface area contributed by atoms with Crippen LogP contribution >= 0.6 is 0 Å². The van der Waals surface area contributed by atoms with E-state index in [-0.39, 0.29) is 5.78 Å². The fourth-order valence-corrected chi connectivity index (χ4v) is 2.39. The Bertz CT molecular complexity index is 437. The van der Waals surface area contributed by atoms with E-state index in [4.69, 9.17) is 5.26 Å². The van der Waals surface area contributed by atoms with Crippen LogP contribution in [-0.4, -0.2) is 5.78 Å². The second kappa shape index (κ2) is 4.13. The lowest BCUT2D eigenvalue weighted by Crippen LogP contribution is -2.29. The maximum absolute atomic E-state index is 11.9. The average Bonchev–Trinajstić information content (AvgIpc) is 2.28. The van der Waals surface area contributed by atoms with Crippen molar-refractivity contribution in [2.24, 2.45) is 5.92 Å². The van der Waals surface area contributed by atoms with Crippen LogP contribution < -0.4 is 5.32 Å². The Hall–Kier alpha value is -1.56. The van der Waals surface area contributed by atoms with Crippen LogP contribution in [-0.2, 0) is 4.79 Å². The zero-order chi connectivity index (χ0) is 11.7. The number of hydrogen-bond acceptors (Lipinski definition) is 3. The third-order valence-corrected chi connectivity index (χ3v) is 3.52. The molecule has 0 aromatic rings. The number of dihydropyridines is 1. The Kier molecular flexibility index (Phi) is 2.82. The third kappa shape index (κ3) is 1.76. The molecule has 0 bridgehead atoms. The molecule has 1 N–H and O–H groups in total. The monoisotopic (exact) mass is 216 g/mol. The number of nitriles is 1. The summed E-state index contributed by atoms with van der Waals surface area (Å²) in [6.45, 7) is 4.03. The Morgan fingerprint density at radius 2 is 2.25 bits per heavy atom. The molecule has 1 aliphatic heterocycles. The van der Waals surface area contributed by atoms with Crippen molar-refractivity contribution in [3.63, 3.8) is 0 Å². The van der Waals surface area contributed by atoms with Crippen LogP contribution in [0.25, 0.3) is 0 Å². The molecule has 3 heteroatoms. The van der Waals surface area contributed by atoms with Gasteiger partial charge in [-0.25, -0.2) is 0 Å². The smallest absolute Gasteiger partial charge is 0.161 e. The Labute approximate surface area is 95.8 Å². The molecule has 2 aliphatic rings. The first kappa shape index (κ1) is 10.9. The van der Waals surface area contributed by atoms with Crippen molar-refractivity contribution < 1.29 is 4.79 Å². The fourth-order valence-electron chi connectivity index (χ4n) is 2.39. The van der Waals surface area contributed by atoms with Gasteiger partial charge in [-0.15, -0.1) is 0 Å². The summed E-state index contributed by atoms with van der Waals surface area (Å²) in [6.07, 6.45) is 3.17. The normalized spacial score (nSPS) is 25.1. The standard InChI is InChI=1S/C13H16N2O/c1-3-9-4-12-11(13(16)5-9)6-10(7-14)8(2)15-12/h9,15H,3-6H2,1-2H3. The molecule has 1 unspecified atom stereocenters. The van der Waals surface area contributed by atoms with E-state index in [0.29, 0.717) is 24.3 Å². The lowest BCUT2D eigenvalue weighted by molar-refractivity contribution is -0.117. The van der Waals surface area contributed by atoms with Gasteiger partial charge in [-0.3, -0.25) is 4.79 Å². The highest BCUT2D eigenvalue weighted by atomic mass is 16.1. The number of rotatable bonds is 1. The van der Waals surface area contributed by atoms with Crippen molar-refractivity contribution in [3.8, 4) is 6.07 Å². The van der Waals surface area contributed by atoms with Crippen molar-refractivity contribution in [1.82, 2.24) is 5.32 Å². The maximum atomic E-state index is 11.9. The fraction of sp³-hybridized carbons (Fsp3) is 0.538. The first-order chi connectivity index (χ1) is 7.65. The van der Waals surface area contributed by atoms with Crippen LogP contribution in [0.1, 0.15) is 39.5 Å². The second-order valence-corrected chi connectivity index (χ2v) is 4.58. The zero-order valence-corrected chi connectivity index (χ0v) is 9.76. The molecular formula is C13H16N2O. The van der Waals surface area contributed by atoms with Gasteiger partial charge in [0.1, 0.15) is 0 Å². The Morgan fingerprint density at radius 1 is 1.50 bits per heavy atom. The summed E-state index contributed by atoms with van der Waals surface area (Å²) in [4.78, 5) is 11.9. The van der Waals surface area contributed by atoms with Gasteiger partial charge >= 0.3 is 0 Å². The SMILES string of the molecule is CCC1CC(=O)C2=C(C1)NC(C)=C(C#N)C2. The molecule has 16 heavy (non-hydrogen) atoms. The molecule has 0 aromatic heterocycles. The molecule has 0 saturated heterocycles. The predicted octanol–water partition coefficient (Wildman–Crippen LogP) is 2.42. The number of Topliss-reactive ketones (excluding diaryl/α,β-unsaturated/α-hetero) is 1. The molecule has 0 amide bonds. The highest BCUT2D eigenvalue weighted by Crippen LogP contribution is 2.34. The van der Waals surface area contributed by atoms with E-state index in [1.54, 1.807) is 0 Å². The molecule has 2 rings (SSSR count). The molecule has 0 saturated carbocycles. The van der Waals surface area contributed by atoms with Crippen LogP contribution in [0.2, 0.25) is 0 Å². The van der Waals surface area contributed by atoms with E-state index >= 15 is 0 Å². The number of allylic oxidation sites excluding steroid dienone is 4. The number of ketones is 1. The molecule has 1 atom stereocenters. The molecule has 0 radical (unpaired) electrons. The summed E-state index contributed by atoms with van der Waals surface area (Å²) in [5.74, 6) is 0.691. The Morgan fingerprint density at radius 3 is 2.88 bits per heavy atom. The van der Waals surface area contributed by atoms with Gasteiger partial charge in [-0.1, -0.05) is 13.3 Å². The molecule has 0 spiro atoms. The van der Waals surface area contributed by atoms with Gasteiger partial charge in [-0.05, 0) is 19.3 Å². The summed E-state index contributed by atoms with van der Waals surface area (Å²) in [7, 11) is 0. The molecule has 84 valence electrons. The van der Waals surface area contributed by atoms with Crippen molar-refractivity contribution in [3.05, 3.63) is 22.5 Å². The van der Waals surface area contributed by atoms with E-state index in [1.165, 1.54) is 0 Å². The van der Waals surface area contributed by atoms with Crippen molar-refractivity contribution >= 4 is 5.78 Å². The minimum atomic E-state index is 0.223. The van der Waals surface area contributed by atoms with Gasteiger partial charge in [0.15, 0.2) is 5.78 Å². The number of nitrogens with one attached hydrogen (secondary N) is 1. The minimum Gasteiger partial charge on any atom is -0.361 e.